The van der Waals surface area contributed by atoms with Gasteiger partial charge in [-0.3, -0.25) is 9.59 Å². The molecule has 0 atom stereocenters. The third-order valence-corrected chi connectivity index (χ3v) is 4.07. The Morgan fingerprint density at radius 1 is 1.15 bits per heavy atom. The molecule has 0 aliphatic rings. The van der Waals surface area contributed by atoms with Crippen molar-refractivity contribution in [2.75, 3.05) is 12.4 Å². The molecule has 1 amide bonds. The highest BCUT2D eigenvalue weighted by Gasteiger charge is 2.16. The van der Waals surface area contributed by atoms with E-state index >= 15 is 0 Å². The Hall–Kier alpha value is -3.12. The van der Waals surface area contributed by atoms with Crippen molar-refractivity contribution in [2.24, 2.45) is 0 Å². The van der Waals surface area contributed by atoms with E-state index in [4.69, 9.17) is 16.3 Å². The smallest absolute Gasteiger partial charge is 0.280 e. The zero-order valence-corrected chi connectivity index (χ0v) is 14.9. The molecule has 1 N–H and O–H groups in total. The van der Waals surface area contributed by atoms with E-state index in [1.807, 2.05) is 0 Å². The number of hydrogen-bond donors (Lipinski definition) is 1. The van der Waals surface area contributed by atoms with Crippen molar-refractivity contribution in [1.82, 2.24) is 9.78 Å². The standard InChI is InChI=1S/C19H16ClN3O3/c1-12-11-17(24)18(22-23(12)16-6-4-3-5-15(16)20)19(25)21-13-7-9-14(26-2)10-8-13/h3-11H,1-2H3,(H,21,25). The van der Waals surface area contributed by atoms with Crippen molar-refractivity contribution in [3.8, 4) is 11.4 Å². The van der Waals surface area contributed by atoms with Crippen LogP contribution in [0.25, 0.3) is 5.69 Å². The van der Waals surface area contributed by atoms with Crippen LogP contribution < -0.4 is 15.5 Å². The SMILES string of the molecule is COc1ccc(NC(=O)c2nn(-c3ccccc3Cl)c(C)cc2=O)cc1. The highest BCUT2D eigenvalue weighted by Crippen LogP contribution is 2.20. The number of halogens is 1. The van der Waals surface area contributed by atoms with Crippen molar-refractivity contribution in [3.05, 3.63) is 81.2 Å². The predicted octanol–water partition coefficient (Wildman–Crippen LogP) is 3.46. The Morgan fingerprint density at radius 2 is 1.85 bits per heavy atom. The maximum Gasteiger partial charge on any atom is 0.280 e. The summed E-state index contributed by atoms with van der Waals surface area (Å²) in [6, 6.07) is 15.2. The lowest BCUT2D eigenvalue weighted by Gasteiger charge is -2.12. The first-order valence-electron chi connectivity index (χ1n) is 7.81. The molecule has 0 spiro atoms. The first-order valence-corrected chi connectivity index (χ1v) is 8.18. The van der Waals surface area contributed by atoms with Crippen LogP contribution in [0.2, 0.25) is 5.02 Å². The quantitative estimate of drug-likeness (QED) is 0.764. The molecule has 7 heteroatoms. The maximum absolute atomic E-state index is 12.5. The molecule has 3 rings (SSSR count). The monoisotopic (exact) mass is 369 g/mol. The normalized spacial score (nSPS) is 10.4. The molecule has 0 bridgehead atoms. The van der Waals surface area contributed by atoms with Gasteiger partial charge in [0.15, 0.2) is 5.69 Å². The van der Waals surface area contributed by atoms with Gasteiger partial charge in [-0.2, -0.15) is 5.10 Å². The Morgan fingerprint density at radius 3 is 2.50 bits per heavy atom. The second-order valence-corrected chi connectivity index (χ2v) is 5.95. The van der Waals surface area contributed by atoms with Crippen molar-refractivity contribution >= 4 is 23.2 Å². The minimum atomic E-state index is -0.596. The highest BCUT2D eigenvalue weighted by atomic mass is 35.5. The molecule has 2 aromatic carbocycles. The summed E-state index contributed by atoms with van der Waals surface area (Å²) >= 11 is 6.21. The number of carbonyl (C=O) groups is 1. The minimum absolute atomic E-state index is 0.216. The Balaban J connectivity index is 1.96. The number of anilines is 1. The summed E-state index contributed by atoms with van der Waals surface area (Å²) in [5.41, 5.74) is 1.01. The number of benzene rings is 2. The van der Waals surface area contributed by atoms with Gasteiger partial charge in [-0.25, -0.2) is 4.68 Å². The molecule has 1 aromatic heterocycles. The number of ether oxygens (including phenoxy) is 1. The number of aryl methyl sites for hydroxylation is 1. The number of amides is 1. The summed E-state index contributed by atoms with van der Waals surface area (Å²) in [5.74, 6) is 0.0681. The van der Waals surface area contributed by atoms with E-state index in [0.29, 0.717) is 27.8 Å². The van der Waals surface area contributed by atoms with E-state index in [1.165, 1.54) is 10.7 Å². The van der Waals surface area contributed by atoms with Crippen LogP contribution in [0.4, 0.5) is 5.69 Å². The molecule has 6 nitrogen and oxygen atoms in total. The van der Waals surface area contributed by atoms with Crippen LogP contribution in [0.15, 0.2) is 59.4 Å². The molecular weight excluding hydrogens is 354 g/mol. The first-order chi connectivity index (χ1) is 12.5. The van der Waals surface area contributed by atoms with Crippen molar-refractivity contribution in [2.45, 2.75) is 6.92 Å². The number of nitrogens with zero attached hydrogens (tertiary/aromatic N) is 2. The van der Waals surface area contributed by atoms with Crippen LogP contribution in [0.5, 0.6) is 5.75 Å². The van der Waals surface area contributed by atoms with Gasteiger partial charge in [-0.15, -0.1) is 0 Å². The van der Waals surface area contributed by atoms with E-state index in [9.17, 15) is 9.59 Å². The fourth-order valence-corrected chi connectivity index (χ4v) is 2.65. The number of rotatable bonds is 4. The lowest BCUT2D eigenvalue weighted by molar-refractivity contribution is 0.101. The molecule has 0 fully saturated rings. The zero-order valence-electron chi connectivity index (χ0n) is 14.2. The molecule has 0 saturated carbocycles. The molecule has 26 heavy (non-hydrogen) atoms. The molecule has 0 aliphatic heterocycles. The number of aromatic nitrogens is 2. The summed E-state index contributed by atoms with van der Waals surface area (Å²) in [7, 11) is 1.56. The molecule has 0 aliphatic carbocycles. The van der Waals surface area contributed by atoms with Crippen molar-refractivity contribution in [3.63, 3.8) is 0 Å². The minimum Gasteiger partial charge on any atom is -0.497 e. The number of para-hydroxylation sites is 1. The van der Waals surface area contributed by atoms with Crippen LogP contribution in [0.1, 0.15) is 16.2 Å². The van der Waals surface area contributed by atoms with Crippen LogP contribution in [-0.2, 0) is 0 Å². The summed E-state index contributed by atoms with van der Waals surface area (Å²) in [4.78, 5) is 24.8. The topological polar surface area (TPSA) is 73.2 Å². The van der Waals surface area contributed by atoms with Gasteiger partial charge < -0.3 is 10.1 Å². The summed E-state index contributed by atoms with van der Waals surface area (Å²) in [6.07, 6.45) is 0. The van der Waals surface area contributed by atoms with Gasteiger partial charge in [0.1, 0.15) is 5.75 Å². The Bertz CT molecular complexity index is 1010. The maximum atomic E-state index is 12.5. The molecule has 0 radical (unpaired) electrons. The van der Waals surface area contributed by atoms with Gasteiger partial charge in [0.05, 0.1) is 17.8 Å². The fourth-order valence-electron chi connectivity index (χ4n) is 2.44. The highest BCUT2D eigenvalue weighted by molar-refractivity contribution is 6.32. The van der Waals surface area contributed by atoms with Crippen LogP contribution in [0.3, 0.4) is 0 Å². The van der Waals surface area contributed by atoms with E-state index in [0.717, 1.165) is 0 Å². The van der Waals surface area contributed by atoms with E-state index < -0.39 is 11.3 Å². The molecule has 0 unspecified atom stereocenters. The summed E-state index contributed by atoms with van der Waals surface area (Å²) < 4.78 is 6.55. The lowest BCUT2D eigenvalue weighted by atomic mass is 10.2. The van der Waals surface area contributed by atoms with Gasteiger partial charge in [0.2, 0.25) is 5.43 Å². The molecule has 132 valence electrons. The Kier molecular flexibility index (Phi) is 5.04. The molecule has 3 aromatic rings. The number of hydrogen-bond acceptors (Lipinski definition) is 4. The predicted molar refractivity (Wildman–Crippen MR) is 101 cm³/mol. The van der Waals surface area contributed by atoms with E-state index in [2.05, 4.69) is 10.4 Å². The average Bonchev–Trinajstić information content (AvgIpc) is 2.63. The third kappa shape index (κ3) is 3.60. The van der Waals surface area contributed by atoms with Crippen LogP contribution in [-0.4, -0.2) is 22.8 Å². The second-order valence-electron chi connectivity index (χ2n) is 5.54. The van der Waals surface area contributed by atoms with E-state index in [-0.39, 0.29) is 5.69 Å². The lowest BCUT2D eigenvalue weighted by Crippen LogP contribution is -2.27. The first kappa shape index (κ1) is 17.7. The van der Waals surface area contributed by atoms with Crippen molar-refractivity contribution < 1.29 is 9.53 Å². The third-order valence-electron chi connectivity index (χ3n) is 3.75. The molecular formula is C19H16ClN3O3. The van der Waals surface area contributed by atoms with Gasteiger partial charge in [-0.05, 0) is 43.3 Å². The van der Waals surface area contributed by atoms with Gasteiger partial charge in [0, 0.05) is 17.4 Å². The summed E-state index contributed by atoms with van der Waals surface area (Å²) in [5, 5.41) is 7.34. The zero-order chi connectivity index (χ0) is 18.7. The van der Waals surface area contributed by atoms with Crippen molar-refractivity contribution in [1.29, 1.82) is 0 Å². The number of nitrogens with one attached hydrogen (secondary N) is 1. The Labute approximate surface area is 155 Å². The fraction of sp³-hybridized carbons (Fsp3) is 0.105. The van der Waals surface area contributed by atoms with E-state index in [1.54, 1.807) is 62.6 Å². The number of carbonyl (C=O) groups excluding carboxylic acids is 1. The largest absolute Gasteiger partial charge is 0.497 e. The molecule has 1 heterocycles. The molecule has 0 saturated heterocycles. The summed E-state index contributed by atoms with van der Waals surface area (Å²) in [6.45, 7) is 1.73. The van der Waals surface area contributed by atoms with Gasteiger partial charge in [0.25, 0.3) is 5.91 Å². The number of methoxy groups -OCH3 is 1. The second kappa shape index (κ2) is 7.41. The van der Waals surface area contributed by atoms with Gasteiger partial charge >= 0.3 is 0 Å². The van der Waals surface area contributed by atoms with Crippen LogP contribution >= 0.6 is 11.6 Å². The van der Waals surface area contributed by atoms with Crippen LogP contribution in [0, 0.1) is 6.92 Å². The average molecular weight is 370 g/mol. The van der Waals surface area contributed by atoms with Gasteiger partial charge in [-0.1, -0.05) is 23.7 Å².